The highest BCUT2D eigenvalue weighted by Gasteiger charge is 2.18. The van der Waals surface area contributed by atoms with Crippen LogP contribution >= 0.6 is 11.8 Å². The van der Waals surface area contributed by atoms with Crippen LogP contribution in [0.15, 0.2) is 180 Å². The van der Waals surface area contributed by atoms with Gasteiger partial charge in [0.2, 0.25) is 0 Å². The van der Waals surface area contributed by atoms with Crippen LogP contribution in [0.25, 0.3) is 0 Å². The fraction of sp³-hybridized carbons (Fsp3) is 0. The highest BCUT2D eigenvalue weighted by Crippen LogP contribution is 2.36. The Morgan fingerprint density at radius 1 is 0.333 bits per heavy atom. The molecular weight excluding hydrogens is 507 g/mol. The second-order valence-corrected chi connectivity index (χ2v) is 13.4. The van der Waals surface area contributed by atoms with Crippen LogP contribution in [0.4, 0.5) is 17.1 Å². The molecule has 0 N–H and O–H groups in total. The molecule has 0 bridgehead atoms. The summed E-state index contributed by atoms with van der Waals surface area (Å²) in [5.41, 5.74) is 3.44. The van der Waals surface area contributed by atoms with Crippen molar-refractivity contribution in [2.24, 2.45) is 0 Å². The van der Waals surface area contributed by atoms with Crippen LogP contribution in [-0.4, -0.2) is 8.80 Å². The predicted molar refractivity (Wildman–Crippen MR) is 171 cm³/mol. The topological polar surface area (TPSA) is 3.24 Å². The van der Waals surface area contributed by atoms with Crippen molar-refractivity contribution in [3.63, 3.8) is 0 Å². The second-order valence-electron chi connectivity index (χ2n) is 9.43. The minimum Gasteiger partial charge on any atom is -0.311 e. The quantitative estimate of drug-likeness (QED) is 0.146. The average molecular weight is 536 g/mol. The van der Waals surface area contributed by atoms with E-state index in [0.717, 1.165) is 17.1 Å². The maximum absolute atomic E-state index is 2.33. The summed E-state index contributed by atoms with van der Waals surface area (Å²) < 4.78 is 0. The zero-order valence-electron chi connectivity index (χ0n) is 21.6. The summed E-state index contributed by atoms with van der Waals surface area (Å²) in [4.78, 5) is 4.78. The SMILES string of the molecule is c1ccc(N(c2ccccc2)c2ccc(Sc3ccc([SiH](c4ccccc4)c4ccccc4)cc3)cc2)cc1. The summed E-state index contributed by atoms with van der Waals surface area (Å²) in [5, 5.41) is 4.33. The molecule has 0 saturated carbocycles. The van der Waals surface area contributed by atoms with Crippen molar-refractivity contribution in [2.45, 2.75) is 9.79 Å². The Labute approximate surface area is 237 Å². The number of para-hydroxylation sites is 2. The maximum Gasteiger partial charge on any atom is 0.132 e. The monoisotopic (exact) mass is 535 g/mol. The Morgan fingerprint density at radius 3 is 1.10 bits per heavy atom. The Balaban J connectivity index is 1.24. The molecule has 0 atom stereocenters. The molecule has 0 fully saturated rings. The van der Waals surface area contributed by atoms with Crippen LogP contribution in [0.5, 0.6) is 0 Å². The van der Waals surface area contributed by atoms with Gasteiger partial charge >= 0.3 is 0 Å². The van der Waals surface area contributed by atoms with Gasteiger partial charge < -0.3 is 4.90 Å². The van der Waals surface area contributed by atoms with E-state index in [0.29, 0.717) is 0 Å². The molecule has 0 spiro atoms. The first-order valence-corrected chi connectivity index (χ1v) is 15.8. The molecule has 0 saturated heterocycles. The van der Waals surface area contributed by atoms with E-state index in [9.17, 15) is 0 Å². The van der Waals surface area contributed by atoms with Gasteiger partial charge in [-0.1, -0.05) is 137 Å². The second kappa shape index (κ2) is 12.0. The Morgan fingerprint density at radius 2 is 0.667 bits per heavy atom. The third kappa shape index (κ3) is 5.90. The van der Waals surface area contributed by atoms with Crippen molar-refractivity contribution in [2.75, 3.05) is 4.90 Å². The van der Waals surface area contributed by atoms with E-state index in [-0.39, 0.29) is 0 Å². The lowest BCUT2D eigenvalue weighted by Crippen LogP contribution is -2.51. The van der Waals surface area contributed by atoms with E-state index >= 15 is 0 Å². The molecule has 0 radical (unpaired) electrons. The van der Waals surface area contributed by atoms with Gasteiger partial charge in [0.25, 0.3) is 0 Å². The molecule has 0 heterocycles. The highest BCUT2D eigenvalue weighted by atomic mass is 32.2. The molecule has 0 aliphatic heterocycles. The molecule has 1 nitrogen and oxygen atoms in total. The first-order chi connectivity index (χ1) is 19.3. The van der Waals surface area contributed by atoms with Crippen molar-refractivity contribution >= 4 is 53.2 Å². The van der Waals surface area contributed by atoms with Crippen LogP contribution < -0.4 is 20.5 Å². The van der Waals surface area contributed by atoms with Crippen molar-refractivity contribution in [1.29, 1.82) is 0 Å². The van der Waals surface area contributed by atoms with Gasteiger partial charge in [-0.3, -0.25) is 0 Å². The molecule has 0 aliphatic carbocycles. The van der Waals surface area contributed by atoms with Crippen LogP contribution in [-0.2, 0) is 0 Å². The summed E-state index contributed by atoms with van der Waals surface area (Å²) >= 11 is 1.81. The summed E-state index contributed by atoms with van der Waals surface area (Å²) in [6, 6.07) is 61.1. The molecule has 188 valence electrons. The van der Waals surface area contributed by atoms with E-state index in [2.05, 4.69) is 175 Å². The Bertz CT molecular complexity index is 1390. The summed E-state index contributed by atoms with van der Waals surface area (Å²) in [6.45, 7) is 0. The van der Waals surface area contributed by atoms with Crippen molar-refractivity contribution < 1.29 is 0 Å². The fourth-order valence-electron chi connectivity index (χ4n) is 5.00. The van der Waals surface area contributed by atoms with E-state index in [1.165, 1.54) is 25.4 Å². The minimum atomic E-state index is -1.51. The first kappa shape index (κ1) is 25.0. The number of benzene rings is 6. The number of hydrogen-bond donors (Lipinski definition) is 0. The van der Waals surface area contributed by atoms with Crippen LogP contribution in [0.2, 0.25) is 0 Å². The van der Waals surface area contributed by atoms with Gasteiger partial charge in [0.15, 0.2) is 0 Å². The minimum absolute atomic E-state index is 1.15. The van der Waals surface area contributed by atoms with E-state index in [4.69, 9.17) is 0 Å². The summed E-state index contributed by atoms with van der Waals surface area (Å²) in [6.07, 6.45) is 0. The largest absolute Gasteiger partial charge is 0.311 e. The smallest absolute Gasteiger partial charge is 0.132 e. The molecule has 39 heavy (non-hydrogen) atoms. The molecule has 0 unspecified atom stereocenters. The maximum atomic E-state index is 2.33. The Hall–Kier alpha value is -4.31. The number of hydrogen-bond acceptors (Lipinski definition) is 2. The zero-order chi connectivity index (χ0) is 26.3. The molecular formula is C36H29NSSi. The van der Waals surface area contributed by atoms with Crippen molar-refractivity contribution in [1.82, 2.24) is 0 Å². The lowest BCUT2D eigenvalue weighted by Gasteiger charge is -2.25. The number of rotatable bonds is 8. The Kier molecular flexibility index (Phi) is 7.71. The first-order valence-electron chi connectivity index (χ1n) is 13.2. The standard InChI is InChI=1S/C36H29NSSi/c1-5-13-29(14-6-1)37(30-15-7-2-8-16-30)31-21-23-32(24-22-31)38-33-25-27-36(28-26-33)39(34-17-9-3-10-18-34)35-19-11-4-12-20-35/h1-28,39H. The van der Waals surface area contributed by atoms with Gasteiger partial charge in [-0.25, -0.2) is 0 Å². The normalized spacial score (nSPS) is 10.9. The lowest BCUT2D eigenvalue weighted by molar-refractivity contribution is 1.27. The number of nitrogens with zero attached hydrogens (tertiary/aromatic N) is 1. The van der Waals surface area contributed by atoms with Gasteiger partial charge in [-0.2, -0.15) is 0 Å². The van der Waals surface area contributed by atoms with Gasteiger partial charge in [0, 0.05) is 26.9 Å². The van der Waals surface area contributed by atoms with Gasteiger partial charge in [0.1, 0.15) is 8.80 Å². The van der Waals surface area contributed by atoms with Gasteiger partial charge in [-0.05, 0) is 60.7 Å². The molecule has 0 aromatic heterocycles. The van der Waals surface area contributed by atoms with Gasteiger partial charge in [-0.15, -0.1) is 0 Å². The van der Waals surface area contributed by atoms with E-state index in [1.54, 1.807) is 0 Å². The average Bonchev–Trinajstić information content (AvgIpc) is 3.01. The van der Waals surface area contributed by atoms with Crippen LogP contribution in [0.1, 0.15) is 0 Å². The molecule has 6 aromatic rings. The highest BCUT2D eigenvalue weighted by molar-refractivity contribution is 7.99. The van der Waals surface area contributed by atoms with Crippen LogP contribution in [0.3, 0.4) is 0 Å². The van der Waals surface area contributed by atoms with Crippen molar-refractivity contribution in [3.05, 3.63) is 170 Å². The molecule has 3 heteroatoms. The number of anilines is 3. The molecule has 0 aliphatic rings. The fourth-order valence-corrected chi connectivity index (χ4v) is 8.76. The summed E-state index contributed by atoms with van der Waals surface area (Å²) in [5.74, 6) is 0. The van der Waals surface area contributed by atoms with E-state index < -0.39 is 8.80 Å². The van der Waals surface area contributed by atoms with Crippen molar-refractivity contribution in [3.8, 4) is 0 Å². The van der Waals surface area contributed by atoms with Gasteiger partial charge in [0.05, 0.1) is 0 Å². The van der Waals surface area contributed by atoms with E-state index in [1.807, 2.05) is 11.8 Å². The molecule has 6 rings (SSSR count). The van der Waals surface area contributed by atoms with Crippen LogP contribution in [0, 0.1) is 0 Å². The summed E-state index contributed by atoms with van der Waals surface area (Å²) in [7, 11) is -1.51. The zero-order valence-corrected chi connectivity index (χ0v) is 23.6. The predicted octanol–water partition coefficient (Wildman–Crippen LogP) is 7.56. The third-order valence-corrected chi connectivity index (χ3v) is 11.0. The molecule has 0 amide bonds. The lowest BCUT2D eigenvalue weighted by atomic mass is 10.2. The molecule has 6 aromatic carbocycles. The third-order valence-electron chi connectivity index (χ3n) is 6.84.